The van der Waals surface area contributed by atoms with Crippen LogP contribution in [0, 0.1) is 0 Å². The normalized spacial score (nSPS) is 11.7. The highest BCUT2D eigenvalue weighted by molar-refractivity contribution is 7.89. The van der Waals surface area contributed by atoms with Crippen molar-refractivity contribution in [2.24, 2.45) is 0 Å². The number of hydrogen-bond donors (Lipinski definition) is 1. The van der Waals surface area contributed by atoms with E-state index in [1.807, 2.05) is 24.3 Å². The van der Waals surface area contributed by atoms with Gasteiger partial charge in [-0.1, -0.05) is 17.2 Å². The third-order valence-electron chi connectivity index (χ3n) is 4.72. The van der Waals surface area contributed by atoms with Gasteiger partial charge in [0.2, 0.25) is 15.9 Å². The number of ether oxygens (including phenoxy) is 1. The van der Waals surface area contributed by atoms with Crippen molar-refractivity contribution in [1.82, 2.24) is 14.5 Å². The van der Waals surface area contributed by atoms with Crippen LogP contribution in [0.5, 0.6) is 5.75 Å². The molecule has 3 rings (SSSR count). The largest absolute Gasteiger partial charge is 0.497 e. The number of carbonyl (C=O) groups excluding carboxylic acids is 1. The van der Waals surface area contributed by atoms with Crippen LogP contribution in [-0.2, 0) is 16.4 Å². The molecule has 9 nitrogen and oxygen atoms in total. The monoisotopic (exact) mass is 444 g/mol. The number of nitrogens with zero attached hydrogens (tertiary/aromatic N) is 3. The van der Waals surface area contributed by atoms with Crippen LogP contribution in [0.25, 0.3) is 0 Å². The van der Waals surface area contributed by atoms with Crippen molar-refractivity contribution >= 4 is 21.9 Å². The quantitative estimate of drug-likeness (QED) is 0.568. The molecule has 10 heteroatoms. The molecular weight excluding hydrogens is 420 g/mol. The lowest BCUT2D eigenvalue weighted by molar-refractivity contribution is 0.102. The fourth-order valence-corrected chi connectivity index (χ4v) is 4.05. The van der Waals surface area contributed by atoms with E-state index in [1.54, 1.807) is 21.0 Å². The molecule has 0 aliphatic heterocycles. The molecule has 1 N–H and O–H groups in total. The van der Waals surface area contributed by atoms with E-state index in [0.717, 1.165) is 11.3 Å². The lowest BCUT2D eigenvalue weighted by Crippen LogP contribution is -2.33. The molecule has 1 aromatic heterocycles. The summed E-state index contributed by atoms with van der Waals surface area (Å²) in [7, 11) is -0.508. The number of aromatic nitrogens is 2. The van der Waals surface area contributed by atoms with Gasteiger partial charge in [-0.05, 0) is 55.8 Å². The molecule has 31 heavy (non-hydrogen) atoms. The SMILES string of the molecule is COc1ccc(Cc2nnc(NC(=O)c3ccc(S(=O)(=O)N(C)C(C)C)cc3)o2)cc1. The number of methoxy groups -OCH3 is 1. The van der Waals surface area contributed by atoms with E-state index in [-0.39, 0.29) is 22.5 Å². The van der Waals surface area contributed by atoms with Crippen molar-refractivity contribution in [3.63, 3.8) is 0 Å². The standard InChI is InChI=1S/C21H24N4O5S/c1-14(2)25(3)31(27,28)18-11-7-16(8-12-18)20(26)22-21-24-23-19(30-21)13-15-5-9-17(29-4)10-6-15/h5-12,14H,13H2,1-4H3,(H,22,24,26). The van der Waals surface area contributed by atoms with Crippen molar-refractivity contribution in [2.45, 2.75) is 31.2 Å². The summed E-state index contributed by atoms with van der Waals surface area (Å²) in [6, 6.07) is 12.9. The molecule has 2 aromatic carbocycles. The minimum atomic E-state index is -3.62. The van der Waals surface area contributed by atoms with Crippen LogP contribution in [0.3, 0.4) is 0 Å². The topological polar surface area (TPSA) is 115 Å². The zero-order chi connectivity index (χ0) is 22.6. The van der Waals surface area contributed by atoms with E-state index in [1.165, 1.54) is 35.6 Å². The van der Waals surface area contributed by atoms with Crippen molar-refractivity contribution in [1.29, 1.82) is 0 Å². The van der Waals surface area contributed by atoms with Crippen LogP contribution in [0.4, 0.5) is 6.01 Å². The Morgan fingerprint density at radius 1 is 1.10 bits per heavy atom. The molecule has 164 valence electrons. The Morgan fingerprint density at radius 2 is 1.74 bits per heavy atom. The van der Waals surface area contributed by atoms with E-state index >= 15 is 0 Å². The number of sulfonamides is 1. The average Bonchev–Trinajstić information content (AvgIpc) is 3.20. The zero-order valence-corrected chi connectivity index (χ0v) is 18.5. The molecule has 1 amide bonds. The summed E-state index contributed by atoms with van der Waals surface area (Å²) in [6.45, 7) is 3.57. The van der Waals surface area contributed by atoms with E-state index < -0.39 is 15.9 Å². The second kappa shape index (κ2) is 9.27. The van der Waals surface area contributed by atoms with E-state index in [4.69, 9.17) is 9.15 Å². The van der Waals surface area contributed by atoms with Gasteiger partial charge in [-0.3, -0.25) is 10.1 Å². The smallest absolute Gasteiger partial charge is 0.322 e. The van der Waals surface area contributed by atoms with Gasteiger partial charge in [0, 0.05) is 18.7 Å². The predicted octanol–water partition coefficient (Wildman–Crippen LogP) is 2.95. The molecule has 0 aliphatic carbocycles. The van der Waals surface area contributed by atoms with Crippen molar-refractivity contribution in [3.8, 4) is 5.75 Å². The van der Waals surface area contributed by atoms with Crippen LogP contribution in [0.2, 0.25) is 0 Å². The molecule has 0 saturated heterocycles. The maximum atomic E-state index is 12.5. The Hall–Kier alpha value is -3.24. The molecule has 0 radical (unpaired) electrons. The minimum Gasteiger partial charge on any atom is -0.497 e. The van der Waals surface area contributed by atoms with Gasteiger partial charge in [-0.15, -0.1) is 5.10 Å². The van der Waals surface area contributed by atoms with Crippen LogP contribution in [-0.4, -0.2) is 49.0 Å². The summed E-state index contributed by atoms with van der Waals surface area (Å²) in [4.78, 5) is 12.6. The Bertz CT molecular complexity index is 1140. The maximum Gasteiger partial charge on any atom is 0.322 e. The van der Waals surface area contributed by atoms with Gasteiger partial charge in [0.25, 0.3) is 5.91 Å². The summed E-state index contributed by atoms with van der Waals surface area (Å²) >= 11 is 0. The number of amides is 1. The van der Waals surface area contributed by atoms with Crippen molar-refractivity contribution in [2.75, 3.05) is 19.5 Å². The molecule has 0 spiro atoms. The highest BCUT2D eigenvalue weighted by Gasteiger charge is 2.23. The summed E-state index contributed by atoms with van der Waals surface area (Å²) in [5.41, 5.74) is 1.21. The summed E-state index contributed by atoms with van der Waals surface area (Å²) in [5.74, 6) is 0.608. The number of nitrogens with one attached hydrogen (secondary N) is 1. The third-order valence-corrected chi connectivity index (χ3v) is 6.77. The molecule has 0 unspecified atom stereocenters. The Labute approximate surface area is 181 Å². The number of benzene rings is 2. The first-order valence-electron chi connectivity index (χ1n) is 9.55. The number of hydrogen-bond acceptors (Lipinski definition) is 7. The van der Waals surface area contributed by atoms with E-state index in [2.05, 4.69) is 15.5 Å². The molecule has 1 heterocycles. The van der Waals surface area contributed by atoms with Crippen LogP contribution in [0.1, 0.15) is 35.7 Å². The van der Waals surface area contributed by atoms with Gasteiger partial charge in [-0.25, -0.2) is 8.42 Å². The Kier molecular flexibility index (Phi) is 6.71. The van der Waals surface area contributed by atoms with E-state index in [0.29, 0.717) is 12.3 Å². The summed E-state index contributed by atoms with van der Waals surface area (Å²) in [6.07, 6.45) is 0.406. The lowest BCUT2D eigenvalue weighted by atomic mass is 10.1. The van der Waals surface area contributed by atoms with Crippen LogP contribution < -0.4 is 10.1 Å². The Morgan fingerprint density at radius 3 is 2.32 bits per heavy atom. The fourth-order valence-electron chi connectivity index (χ4n) is 2.68. The summed E-state index contributed by atoms with van der Waals surface area (Å²) < 4.78 is 36.9. The van der Waals surface area contributed by atoms with Gasteiger partial charge in [0.1, 0.15) is 5.75 Å². The molecule has 0 fully saturated rings. The average molecular weight is 445 g/mol. The van der Waals surface area contributed by atoms with Gasteiger partial charge in [0.05, 0.1) is 18.4 Å². The number of rotatable bonds is 8. The fraction of sp³-hybridized carbons (Fsp3) is 0.286. The number of carbonyl (C=O) groups is 1. The summed E-state index contributed by atoms with van der Waals surface area (Å²) in [5, 5.41) is 10.3. The lowest BCUT2D eigenvalue weighted by Gasteiger charge is -2.20. The molecule has 0 aliphatic rings. The highest BCUT2D eigenvalue weighted by Crippen LogP contribution is 2.19. The highest BCUT2D eigenvalue weighted by atomic mass is 32.2. The van der Waals surface area contributed by atoms with Gasteiger partial charge < -0.3 is 9.15 Å². The zero-order valence-electron chi connectivity index (χ0n) is 17.7. The second-order valence-electron chi connectivity index (χ2n) is 7.12. The van der Waals surface area contributed by atoms with Crippen molar-refractivity contribution in [3.05, 3.63) is 65.5 Å². The maximum absolute atomic E-state index is 12.5. The first-order valence-corrected chi connectivity index (χ1v) is 11.0. The van der Waals surface area contributed by atoms with Gasteiger partial charge in [-0.2, -0.15) is 4.31 Å². The third kappa shape index (κ3) is 5.28. The molecule has 0 atom stereocenters. The first-order chi connectivity index (χ1) is 14.7. The minimum absolute atomic E-state index is 0.0373. The van der Waals surface area contributed by atoms with Gasteiger partial charge in [0.15, 0.2) is 0 Å². The second-order valence-corrected chi connectivity index (χ2v) is 9.12. The predicted molar refractivity (Wildman–Crippen MR) is 115 cm³/mol. The molecule has 0 saturated carbocycles. The van der Waals surface area contributed by atoms with E-state index in [9.17, 15) is 13.2 Å². The number of anilines is 1. The molecular formula is C21H24N4O5S. The molecule has 0 bridgehead atoms. The van der Waals surface area contributed by atoms with Crippen molar-refractivity contribution < 1.29 is 22.4 Å². The first kappa shape index (κ1) is 22.4. The van der Waals surface area contributed by atoms with Crippen LogP contribution >= 0.6 is 0 Å². The van der Waals surface area contributed by atoms with Crippen LogP contribution in [0.15, 0.2) is 57.8 Å². The van der Waals surface area contributed by atoms with Gasteiger partial charge >= 0.3 is 6.01 Å². The Balaban J connectivity index is 1.65. The molecule has 3 aromatic rings.